The van der Waals surface area contributed by atoms with Gasteiger partial charge in [0, 0.05) is 13.1 Å². The van der Waals surface area contributed by atoms with Crippen molar-refractivity contribution in [3.05, 3.63) is 23.8 Å². The van der Waals surface area contributed by atoms with E-state index >= 15 is 0 Å². The van der Waals surface area contributed by atoms with Crippen LogP contribution in [0.2, 0.25) is 0 Å². The largest absolute Gasteiger partial charge is 0.507 e. The van der Waals surface area contributed by atoms with E-state index in [9.17, 15) is 18.3 Å². The van der Waals surface area contributed by atoms with Crippen molar-refractivity contribution in [3.63, 3.8) is 0 Å². The molecule has 1 saturated carbocycles. The maximum atomic E-state index is 12.2. The molecule has 0 spiro atoms. The highest BCUT2D eigenvalue weighted by atomic mass is 32.2. The molecule has 1 aromatic rings. The highest BCUT2D eigenvalue weighted by Gasteiger charge is 2.35. The highest BCUT2D eigenvalue weighted by Crippen LogP contribution is 2.31. The third-order valence-corrected chi connectivity index (χ3v) is 4.84. The monoisotopic (exact) mass is 271 g/mol. The number of aromatic hydroxyl groups is 1. The van der Waals surface area contributed by atoms with Crippen LogP contribution in [0.1, 0.15) is 23.2 Å². The summed E-state index contributed by atoms with van der Waals surface area (Å²) in [7, 11) is -2.22. The Morgan fingerprint density at radius 2 is 2.00 bits per heavy atom. The van der Waals surface area contributed by atoms with E-state index in [1.807, 2.05) is 0 Å². The molecule has 1 aliphatic carbocycles. The summed E-state index contributed by atoms with van der Waals surface area (Å²) in [5.41, 5.74) is -0.416. The zero-order chi connectivity index (χ0) is 13.5. The predicted molar refractivity (Wildman–Crippen MR) is 63.0 cm³/mol. The van der Waals surface area contributed by atoms with Crippen molar-refractivity contribution >= 4 is 16.0 Å². The SMILES string of the molecule is CN(C1CC1)S(=O)(=O)c1ccc(O)c(C(=O)O)c1. The van der Waals surface area contributed by atoms with E-state index in [4.69, 9.17) is 5.11 Å². The molecule has 0 radical (unpaired) electrons. The zero-order valence-electron chi connectivity index (χ0n) is 9.70. The van der Waals surface area contributed by atoms with Crippen molar-refractivity contribution in [2.24, 2.45) is 0 Å². The van der Waals surface area contributed by atoms with Crippen LogP contribution in [-0.4, -0.2) is 42.0 Å². The normalized spacial score (nSPS) is 15.9. The summed E-state index contributed by atoms with van der Waals surface area (Å²) in [5.74, 6) is -1.81. The van der Waals surface area contributed by atoms with Gasteiger partial charge >= 0.3 is 5.97 Å². The highest BCUT2D eigenvalue weighted by molar-refractivity contribution is 7.89. The smallest absolute Gasteiger partial charge is 0.339 e. The lowest BCUT2D eigenvalue weighted by atomic mass is 10.2. The molecule has 98 valence electrons. The van der Waals surface area contributed by atoms with Crippen molar-refractivity contribution in [3.8, 4) is 5.75 Å². The van der Waals surface area contributed by atoms with Gasteiger partial charge in [-0.2, -0.15) is 4.31 Å². The van der Waals surface area contributed by atoms with Crippen LogP contribution in [0.5, 0.6) is 5.75 Å². The van der Waals surface area contributed by atoms with Crippen LogP contribution in [0.15, 0.2) is 23.1 Å². The Kier molecular flexibility index (Phi) is 3.04. The number of carbonyl (C=O) groups is 1. The van der Waals surface area contributed by atoms with E-state index in [2.05, 4.69) is 0 Å². The zero-order valence-corrected chi connectivity index (χ0v) is 10.5. The molecule has 18 heavy (non-hydrogen) atoms. The van der Waals surface area contributed by atoms with Crippen molar-refractivity contribution in [1.82, 2.24) is 4.31 Å². The number of rotatable bonds is 4. The van der Waals surface area contributed by atoms with Gasteiger partial charge in [0.15, 0.2) is 0 Å². The average Bonchev–Trinajstić information content (AvgIpc) is 3.11. The molecular weight excluding hydrogens is 258 g/mol. The number of carboxylic acid groups (broad SMARTS) is 1. The summed E-state index contributed by atoms with van der Waals surface area (Å²) in [6.07, 6.45) is 1.64. The molecule has 7 heteroatoms. The Balaban J connectivity index is 2.44. The van der Waals surface area contributed by atoms with Crippen molar-refractivity contribution in [2.75, 3.05) is 7.05 Å². The van der Waals surface area contributed by atoms with Crippen LogP contribution in [0.4, 0.5) is 0 Å². The van der Waals surface area contributed by atoms with Gasteiger partial charge < -0.3 is 10.2 Å². The Morgan fingerprint density at radius 3 is 2.50 bits per heavy atom. The summed E-state index contributed by atoms with van der Waals surface area (Å²) >= 11 is 0. The molecule has 0 heterocycles. The van der Waals surface area contributed by atoms with Crippen LogP contribution in [0.3, 0.4) is 0 Å². The first kappa shape index (κ1) is 12.8. The molecule has 0 amide bonds. The fourth-order valence-electron chi connectivity index (χ4n) is 1.65. The van der Waals surface area contributed by atoms with Gasteiger partial charge in [-0.15, -0.1) is 0 Å². The van der Waals surface area contributed by atoms with Gasteiger partial charge in [-0.25, -0.2) is 13.2 Å². The Labute approximate surface area is 105 Å². The van der Waals surface area contributed by atoms with Gasteiger partial charge in [0.2, 0.25) is 10.0 Å². The second-order valence-electron chi connectivity index (χ2n) is 4.24. The summed E-state index contributed by atoms with van der Waals surface area (Å²) in [4.78, 5) is 10.7. The lowest BCUT2D eigenvalue weighted by molar-refractivity contribution is 0.0693. The maximum absolute atomic E-state index is 12.2. The third kappa shape index (κ3) is 2.19. The Hall–Kier alpha value is -1.60. The minimum Gasteiger partial charge on any atom is -0.507 e. The number of hydrogen-bond donors (Lipinski definition) is 2. The summed E-state index contributed by atoms with van der Waals surface area (Å²) in [6.45, 7) is 0. The van der Waals surface area contributed by atoms with Crippen molar-refractivity contribution in [1.29, 1.82) is 0 Å². The van der Waals surface area contributed by atoms with Crippen LogP contribution in [0.25, 0.3) is 0 Å². The van der Waals surface area contributed by atoms with E-state index in [0.29, 0.717) is 0 Å². The molecule has 6 nitrogen and oxygen atoms in total. The molecule has 0 saturated heterocycles. The van der Waals surface area contributed by atoms with E-state index in [-0.39, 0.29) is 10.9 Å². The molecule has 0 aromatic heterocycles. The van der Waals surface area contributed by atoms with E-state index in [1.165, 1.54) is 17.4 Å². The quantitative estimate of drug-likeness (QED) is 0.847. The minimum atomic E-state index is -3.69. The van der Waals surface area contributed by atoms with Gasteiger partial charge in [-0.3, -0.25) is 0 Å². The summed E-state index contributed by atoms with van der Waals surface area (Å²) in [5, 5.41) is 18.2. The first-order valence-corrected chi connectivity index (χ1v) is 6.82. The minimum absolute atomic E-state index is 0.00270. The second-order valence-corrected chi connectivity index (χ2v) is 6.23. The second kappa shape index (κ2) is 4.25. The number of benzene rings is 1. The first-order chi connectivity index (χ1) is 8.34. The molecule has 0 unspecified atom stereocenters. The molecule has 1 aliphatic rings. The standard InChI is InChI=1S/C11H13NO5S/c1-12(7-2-3-7)18(16,17)8-4-5-10(13)9(6-8)11(14)15/h4-7,13H,2-3H2,1H3,(H,14,15). The average molecular weight is 271 g/mol. The number of nitrogens with zero attached hydrogens (tertiary/aromatic N) is 1. The van der Waals surface area contributed by atoms with Crippen LogP contribution < -0.4 is 0 Å². The van der Waals surface area contributed by atoms with Gasteiger partial charge in [-0.1, -0.05) is 0 Å². The predicted octanol–water partition coefficient (Wildman–Crippen LogP) is 0.873. The Morgan fingerprint density at radius 1 is 1.39 bits per heavy atom. The lowest BCUT2D eigenvalue weighted by Crippen LogP contribution is -2.29. The number of phenols is 1. The fraction of sp³-hybridized carbons (Fsp3) is 0.364. The van der Waals surface area contributed by atoms with Crippen molar-refractivity contribution < 1.29 is 23.4 Å². The van der Waals surface area contributed by atoms with E-state index in [0.717, 1.165) is 25.0 Å². The van der Waals surface area contributed by atoms with E-state index in [1.54, 1.807) is 0 Å². The molecule has 0 atom stereocenters. The van der Waals surface area contributed by atoms with Crippen LogP contribution in [0, 0.1) is 0 Å². The van der Waals surface area contributed by atoms with Crippen molar-refractivity contribution in [2.45, 2.75) is 23.8 Å². The third-order valence-electron chi connectivity index (χ3n) is 2.94. The number of sulfonamides is 1. The summed E-state index contributed by atoms with van der Waals surface area (Å²) in [6, 6.07) is 3.26. The van der Waals surface area contributed by atoms with Gasteiger partial charge in [0.05, 0.1) is 4.90 Å². The van der Waals surface area contributed by atoms with Crippen LogP contribution >= 0.6 is 0 Å². The van der Waals surface area contributed by atoms with E-state index < -0.39 is 27.3 Å². The summed E-state index contributed by atoms with van der Waals surface area (Å²) < 4.78 is 25.5. The van der Waals surface area contributed by atoms with Gasteiger partial charge in [0.25, 0.3) is 0 Å². The van der Waals surface area contributed by atoms with Crippen LogP contribution in [-0.2, 0) is 10.0 Å². The molecule has 1 aromatic carbocycles. The molecule has 2 rings (SSSR count). The lowest BCUT2D eigenvalue weighted by Gasteiger charge is -2.16. The number of hydrogen-bond acceptors (Lipinski definition) is 4. The maximum Gasteiger partial charge on any atom is 0.339 e. The number of carboxylic acids is 1. The Bertz CT molecular complexity index is 591. The molecule has 2 N–H and O–H groups in total. The fourth-order valence-corrected chi connectivity index (χ4v) is 3.09. The number of aromatic carboxylic acids is 1. The molecule has 1 fully saturated rings. The topological polar surface area (TPSA) is 94.9 Å². The molecule has 0 bridgehead atoms. The molecular formula is C11H13NO5S. The first-order valence-electron chi connectivity index (χ1n) is 5.38. The van der Waals surface area contributed by atoms with Gasteiger partial charge in [0.1, 0.15) is 11.3 Å². The molecule has 0 aliphatic heterocycles. The van der Waals surface area contributed by atoms with Gasteiger partial charge in [-0.05, 0) is 31.0 Å².